The number of quaternary nitrogens is 1. The Morgan fingerprint density at radius 1 is 1.00 bits per heavy atom. The van der Waals surface area contributed by atoms with Crippen LogP contribution in [-0.4, -0.2) is 52.3 Å². The van der Waals surface area contributed by atoms with Gasteiger partial charge in [-0.25, -0.2) is 0 Å². The number of phenols is 1. The third kappa shape index (κ3) is 3.18. The second kappa shape index (κ2) is 7.05. The molecular weight excluding hydrogens is 332 g/mol. The molecule has 2 aliphatic rings. The second-order valence-electron chi connectivity index (χ2n) is 6.95. The van der Waals surface area contributed by atoms with E-state index in [4.69, 9.17) is 14.2 Å². The van der Waals surface area contributed by atoms with Gasteiger partial charge in [0.15, 0.2) is 11.5 Å². The Morgan fingerprint density at radius 3 is 2.31 bits per heavy atom. The molecule has 0 bridgehead atoms. The molecular formula is C20H25N2O4+. The summed E-state index contributed by atoms with van der Waals surface area (Å²) in [4.78, 5) is 3.46. The van der Waals surface area contributed by atoms with Crippen molar-refractivity contribution in [1.29, 1.82) is 0 Å². The highest BCUT2D eigenvalue weighted by molar-refractivity contribution is 5.54. The Balaban J connectivity index is 1.76. The normalized spacial score (nSPS) is 17.9. The van der Waals surface area contributed by atoms with Crippen LogP contribution < -0.4 is 19.3 Å². The van der Waals surface area contributed by atoms with Crippen LogP contribution in [0.2, 0.25) is 0 Å². The first-order valence-electron chi connectivity index (χ1n) is 8.95. The number of hydrogen-bond acceptors (Lipinski definition) is 5. The van der Waals surface area contributed by atoms with Gasteiger partial charge in [-0.15, -0.1) is 0 Å². The van der Waals surface area contributed by atoms with E-state index in [-0.39, 0.29) is 18.6 Å². The van der Waals surface area contributed by atoms with E-state index in [1.54, 1.807) is 6.07 Å². The molecule has 2 aliphatic heterocycles. The lowest BCUT2D eigenvalue weighted by Crippen LogP contribution is -3.14. The number of rotatable bonds is 4. The molecule has 1 atom stereocenters. The van der Waals surface area contributed by atoms with Gasteiger partial charge in [-0.1, -0.05) is 12.1 Å². The lowest BCUT2D eigenvalue weighted by atomic mass is 9.95. The minimum absolute atomic E-state index is 0.0182. The van der Waals surface area contributed by atoms with Crippen LogP contribution in [0.5, 0.6) is 17.2 Å². The van der Waals surface area contributed by atoms with Gasteiger partial charge in [0.1, 0.15) is 24.9 Å². The molecule has 6 nitrogen and oxygen atoms in total. The van der Waals surface area contributed by atoms with E-state index in [2.05, 4.69) is 29.2 Å². The summed E-state index contributed by atoms with van der Waals surface area (Å²) in [6.07, 6.45) is 0. The number of nitrogens with one attached hydrogen (secondary N) is 1. The topological polar surface area (TPSA) is 55.6 Å². The van der Waals surface area contributed by atoms with Gasteiger partial charge in [0, 0.05) is 31.4 Å². The molecule has 4 rings (SSSR count). The SMILES string of the molecule is CN(C)c1ccc([C@H](c2cc3c(cc2O)OCO3)[NH+]2CCOCC2)cc1. The van der Waals surface area contributed by atoms with Gasteiger partial charge in [0.2, 0.25) is 6.79 Å². The number of phenolic OH excluding ortho intramolecular Hbond substituents is 1. The molecule has 2 heterocycles. The van der Waals surface area contributed by atoms with Gasteiger partial charge in [-0.3, -0.25) is 0 Å². The van der Waals surface area contributed by atoms with Crippen LogP contribution in [0.1, 0.15) is 17.2 Å². The zero-order chi connectivity index (χ0) is 18.1. The molecule has 26 heavy (non-hydrogen) atoms. The maximum Gasteiger partial charge on any atom is 0.231 e. The molecule has 0 aliphatic carbocycles. The van der Waals surface area contributed by atoms with Crippen molar-refractivity contribution in [3.63, 3.8) is 0 Å². The number of hydrogen-bond donors (Lipinski definition) is 2. The summed E-state index contributed by atoms with van der Waals surface area (Å²) in [6.45, 7) is 3.45. The number of benzene rings is 2. The van der Waals surface area contributed by atoms with Crippen LogP contribution in [0.15, 0.2) is 36.4 Å². The van der Waals surface area contributed by atoms with Gasteiger partial charge >= 0.3 is 0 Å². The number of fused-ring (bicyclic) bond motifs is 1. The predicted octanol–water partition coefficient (Wildman–Crippen LogP) is 1.19. The lowest BCUT2D eigenvalue weighted by molar-refractivity contribution is -0.933. The van der Waals surface area contributed by atoms with Gasteiger partial charge < -0.3 is 29.1 Å². The molecule has 0 amide bonds. The van der Waals surface area contributed by atoms with Crippen LogP contribution in [-0.2, 0) is 4.74 Å². The minimum Gasteiger partial charge on any atom is -0.507 e. The molecule has 1 fully saturated rings. The van der Waals surface area contributed by atoms with Crippen molar-refractivity contribution in [2.24, 2.45) is 0 Å². The quantitative estimate of drug-likeness (QED) is 0.861. The molecule has 2 N–H and O–H groups in total. The van der Waals surface area contributed by atoms with Gasteiger partial charge in [0.05, 0.1) is 18.8 Å². The smallest absolute Gasteiger partial charge is 0.231 e. The Hall–Kier alpha value is -2.44. The second-order valence-corrected chi connectivity index (χ2v) is 6.95. The number of nitrogens with zero attached hydrogens (tertiary/aromatic N) is 1. The molecule has 138 valence electrons. The predicted molar refractivity (Wildman–Crippen MR) is 98.4 cm³/mol. The molecule has 1 saturated heterocycles. The first-order valence-corrected chi connectivity index (χ1v) is 8.95. The fraction of sp³-hybridized carbons (Fsp3) is 0.400. The highest BCUT2D eigenvalue weighted by atomic mass is 16.7. The van der Waals surface area contributed by atoms with Gasteiger partial charge in [0.25, 0.3) is 0 Å². The van der Waals surface area contributed by atoms with E-state index in [9.17, 15) is 5.11 Å². The van der Waals surface area contributed by atoms with Crippen molar-refractivity contribution in [1.82, 2.24) is 0 Å². The first kappa shape index (κ1) is 17.0. The monoisotopic (exact) mass is 357 g/mol. The van der Waals surface area contributed by atoms with Crippen LogP contribution >= 0.6 is 0 Å². The van der Waals surface area contributed by atoms with E-state index < -0.39 is 0 Å². The van der Waals surface area contributed by atoms with Crippen molar-refractivity contribution in [3.8, 4) is 17.2 Å². The number of aromatic hydroxyl groups is 1. The maximum atomic E-state index is 10.7. The Morgan fingerprint density at radius 2 is 1.65 bits per heavy atom. The zero-order valence-corrected chi connectivity index (χ0v) is 15.2. The van der Waals surface area contributed by atoms with Crippen LogP contribution in [0.4, 0.5) is 5.69 Å². The van der Waals surface area contributed by atoms with Crippen molar-refractivity contribution in [2.75, 3.05) is 52.1 Å². The Kier molecular flexibility index (Phi) is 4.61. The van der Waals surface area contributed by atoms with Crippen LogP contribution in [0.25, 0.3) is 0 Å². The van der Waals surface area contributed by atoms with E-state index in [1.807, 2.05) is 20.2 Å². The van der Waals surface area contributed by atoms with Crippen molar-refractivity contribution >= 4 is 5.69 Å². The van der Waals surface area contributed by atoms with Crippen molar-refractivity contribution in [2.45, 2.75) is 6.04 Å². The molecule has 0 unspecified atom stereocenters. The number of morpholine rings is 1. The molecule has 0 aromatic heterocycles. The summed E-state index contributed by atoms with van der Waals surface area (Å²) in [5, 5.41) is 10.7. The van der Waals surface area contributed by atoms with Crippen LogP contribution in [0, 0.1) is 0 Å². The highest BCUT2D eigenvalue weighted by Gasteiger charge is 2.32. The fourth-order valence-electron chi connectivity index (χ4n) is 3.70. The fourth-order valence-corrected chi connectivity index (χ4v) is 3.70. The third-order valence-corrected chi connectivity index (χ3v) is 5.12. The summed E-state index contributed by atoms with van der Waals surface area (Å²) in [5.74, 6) is 1.54. The van der Waals surface area contributed by atoms with E-state index in [1.165, 1.54) is 10.5 Å². The molecule has 2 aromatic rings. The van der Waals surface area contributed by atoms with Crippen LogP contribution in [0.3, 0.4) is 0 Å². The summed E-state index contributed by atoms with van der Waals surface area (Å²) in [7, 11) is 4.06. The van der Waals surface area contributed by atoms with Crippen molar-refractivity contribution in [3.05, 3.63) is 47.5 Å². The number of anilines is 1. The van der Waals surface area contributed by atoms with E-state index >= 15 is 0 Å². The third-order valence-electron chi connectivity index (χ3n) is 5.12. The molecule has 0 radical (unpaired) electrons. The Labute approximate surface area is 153 Å². The summed E-state index contributed by atoms with van der Waals surface area (Å²) >= 11 is 0. The molecule has 0 spiro atoms. The lowest BCUT2D eigenvalue weighted by Gasteiger charge is -2.32. The largest absolute Gasteiger partial charge is 0.507 e. The number of ether oxygens (including phenoxy) is 3. The average molecular weight is 357 g/mol. The zero-order valence-electron chi connectivity index (χ0n) is 15.2. The van der Waals surface area contributed by atoms with E-state index in [0.29, 0.717) is 11.5 Å². The maximum absolute atomic E-state index is 10.7. The molecule has 0 saturated carbocycles. The first-order chi connectivity index (χ1) is 12.6. The van der Waals surface area contributed by atoms with E-state index in [0.717, 1.165) is 37.6 Å². The molecule has 6 heteroatoms. The van der Waals surface area contributed by atoms with Crippen molar-refractivity contribution < 1.29 is 24.2 Å². The minimum atomic E-state index is 0.0182. The van der Waals surface area contributed by atoms with Gasteiger partial charge in [-0.05, 0) is 18.2 Å². The summed E-state index contributed by atoms with van der Waals surface area (Å²) in [5.41, 5.74) is 3.19. The standard InChI is InChI=1S/C20H24N2O4/c1-21(2)15-5-3-14(4-6-15)20(22-7-9-24-10-8-22)16-11-18-19(12-17(16)23)26-13-25-18/h3-6,11-12,20,23H,7-10,13H2,1-2H3/p+1/t20-/m1/s1. The highest BCUT2D eigenvalue weighted by Crippen LogP contribution is 2.40. The summed E-state index contributed by atoms with van der Waals surface area (Å²) in [6, 6.07) is 12.1. The Bertz CT molecular complexity index is 770. The average Bonchev–Trinajstić information content (AvgIpc) is 3.10. The molecule has 2 aromatic carbocycles. The van der Waals surface area contributed by atoms with Gasteiger partial charge in [-0.2, -0.15) is 0 Å². The summed E-state index contributed by atoms with van der Waals surface area (Å²) < 4.78 is 16.5.